The van der Waals surface area contributed by atoms with Gasteiger partial charge in [0.05, 0.1) is 0 Å². The van der Waals surface area contributed by atoms with Crippen LogP contribution in [0.5, 0.6) is 0 Å². The van der Waals surface area contributed by atoms with Gasteiger partial charge in [0.25, 0.3) is 0 Å². The highest BCUT2D eigenvalue weighted by Crippen LogP contribution is 2.34. The minimum Gasteiger partial charge on any atom is -0.329 e. The van der Waals surface area contributed by atoms with Gasteiger partial charge in [-0.1, -0.05) is 13.0 Å². The van der Waals surface area contributed by atoms with Crippen LogP contribution in [0, 0.1) is 0 Å². The summed E-state index contributed by atoms with van der Waals surface area (Å²) in [6.07, 6.45) is 4.18. The summed E-state index contributed by atoms with van der Waals surface area (Å²) in [7, 11) is 0. The van der Waals surface area contributed by atoms with E-state index in [-0.39, 0.29) is 5.54 Å². The third kappa shape index (κ3) is 2.48. The molecule has 0 aromatic heterocycles. The zero-order valence-corrected chi connectivity index (χ0v) is 9.20. The highest BCUT2D eigenvalue weighted by Gasteiger charge is 2.38. The minimum absolute atomic E-state index is 0.188. The molecule has 0 radical (unpaired) electrons. The summed E-state index contributed by atoms with van der Waals surface area (Å²) in [5.74, 6) is 1.24. The fraction of sp³-hybridized carbons (Fsp3) is 0.800. The van der Waals surface area contributed by atoms with Crippen LogP contribution in [-0.4, -0.2) is 29.6 Å². The van der Waals surface area contributed by atoms with Crippen molar-refractivity contribution in [2.45, 2.75) is 30.6 Å². The van der Waals surface area contributed by atoms with Crippen LogP contribution >= 0.6 is 11.8 Å². The SMILES string of the molecule is C=CCCNC1(CN)CCSC1C. The molecule has 1 fully saturated rings. The van der Waals surface area contributed by atoms with E-state index in [4.69, 9.17) is 5.73 Å². The molecule has 1 saturated heterocycles. The van der Waals surface area contributed by atoms with E-state index >= 15 is 0 Å². The molecular weight excluding hydrogens is 180 g/mol. The number of nitrogens with one attached hydrogen (secondary N) is 1. The Morgan fingerprint density at radius 1 is 1.77 bits per heavy atom. The van der Waals surface area contributed by atoms with Crippen LogP contribution in [0.1, 0.15) is 19.8 Å². The van der Waals surface area contributed by atoms with Crippen molar-refractivity contribution < 1.29 is 0 Å². The summed E-state index contributed by atoms with van der Waals surface area (Å²) in [5.41, 5.74) is 6.03. The van der Waals surface area contributed by atoms with E-state index in [1.54, 1.807) is 0 Å². The molecule has 0 aromatic rings. The summed E-state index contributed by atoms with van der Waals surface area (Å²) >= 11 is 2.02. The third-order valence-electron chi connectivity index (χ3n) is 2.88. The van der Waals surface area contributed by atoms with Gasteiger partial charge in [0.2, 0.25) is 0 Å². The van der Waals surface area contributed by atoms with Gasteiger partial charge < -0.3 is 11.1 Å². The zero-order chi connectivity index (χ0) is 9.73. The maximum Gasteiger partial charge on any atom is 0.0429 e. The maximum atomic E-state index is 5.84. The molecule has 2 unspecified atom stereocenters. The Balaban J connectivity index is 2.43. The topological polar surface area (TPSA) is 38.0 Å². The van der Waals surface area contributed by atoms with Crippen LogP contribution in [0.2, 0.25) is 0 Å². The third-order valence-corrected chi connectivity index (χ3v) is 4.27. The highest BCUT2D eigenvalue weighted by molar-refractivity contribution is 8.00. The zero-order valence-electron chi connectivity index (χ0n) is 8.38. The Morgan fingerprint density at radius 2 is 2.54 bits per heavy atom. The lowest BCUT2D eigenvalue weighted by atomic mass is 9.93. The molecule has 2 atom stereocenters. The van der Waals surface area contributed by atoms with Crippen molar-refractivity contribution in [2.24, 2.45) is 5.73 Å². The number of rotatable bonds is 5. The van der Waals surface area contributed by atoms with Crippen LogP contribution in [0.4, 0.5) is 0 Å². The molecule has 1 aliphatic heterocycles. The van der Waals surface area contributed by atoms with E-state index < -0.39 is 0 Å². The standard InChI is InChI=1S/C10H20N2S/c1-3-4-6-12-10(8-11)5-7-13-9(10)2/h3,9,12H,1,4-8,11H2,2H3. The van der Waals surface area contributed by atoms with Gasteiger partial charge in [0.1, 0.15) is 0 Å². The van der Waals surface area contributed by atoms with Crippen LogP contribution < -0.4 is 11.1 Å². The Bertz CT molecular complexity index is 172. The van der Waals surface area contributed by atoms with Crippen LogP contribution in [0.15, 0.2) is 12.7 Å². The minimum atomic E-state index is 0.188. The van der Waals surface area contributed by atoms with Gasteiger partial charge in [-0.25, -0.2) is 0 Å². The normalized spacial score (nSPS) is 33.5. The van der Waals surface area contributed by atoms with Crippen molar-refractivity contribution in [3.05, 3.63) is 12.7 Å². The van der Waals surface area contributed by atoms with E-state index in [1.165, 1.54) is 12.2 Å². The average molecular weight is 200 g/mol. The van der Waals surface area contributed by atoms with E-state index in [0.29, 0.717) is 5.25 Å². The summed E-state index contributed by atoms with van der Waals surface area (Å²) in [6.45, 7) is 7.74. The van der Waals surface area contributed by atoms with Gasteiger partial charge in [-0.3, -0.25) is 0 Å². The predicted molar refractivity (Wildman–Crippen MR) is 61.1 cm³/mol. The quantitative estimate of drug-likeness (QED) is 0.520. The van der Waals surface area contributed by atoms with Gasteiger partial charge in [-0.2, -0.15) is 11.8 Å². The Hall–Kier alpha value is 0.0100. The molecule has 3 N–H and O–H groups in total. The number of hydrogen-bond acceptors (Lipinski definition) is 3. The molecule has 1 aliphatic rings. The summed E-state index contributed by atoms with van der Waals surface area (Å²) in [6, 6.07) is 0. The van der Waals surface area contributed by atoms with Crippen molar-refractivity contribution >= 4 is 11.8 Å². The molecular formula is C10H20N2S. The molecule has 0 aromatic carbocycles. The Labute approximate surface area is 85.3 Å². The first-order valence-electron chi connectivity index (χ1n) is 4.93. The average Bonchev–Trinajstić information content (AvgIpc) is 2.49. The van der Waals surface area contributed by atoms with Gasteiger partial charge in [-0.15, -0.1) is 6.58 Å². The summed E-state index contributed by atoms with van der Waals surface area (Å²) in [5, 5.41) is 4.22. The van der Waals surface area contributed by atoms with Gasteiger partial charge >= 0.3 is 0 Å². The summed E-state index contributed by atoms with van der Waals surface area (Å²) in [4.78, 5) is 0. The van der Waals surface area contributed by atoms with Crippen molar-refractivity contribution in [1.82, 2.24) is 5.32 Å². The van der Waals surface area contributed by atoms with Crippen molar-refractivity contribution in [2.75, 3.05) is 18.8 Å². The van der Waals surface area contributed by atoms with Crippen molar-refractivity contribution in [3.63, 3.8) is 0 Å². The molecule has 0 spiro atoms. The molecule has 76 valence electrons. The second-order valence-electron chi connectivity index (χ2n) is 3.63. The second kappa shape index (κ2) is 5.03. The largest absolute Gasteiger partial charge is 0.329 e. The van der Waals surface area contributed by atoms with Gasteiger partial charge in [0.15, 0.2) is 0 Å². The number of hydrogen-bond donors (Lipinski definition) is 2. The van der Waals surface area contributed by atoms with Crippen molar-refractivity contribution in [1.29, 1.82) is 0 Å². The fourth-order valence-corrected chi connectivity index (χ4v) is 3.23. The number of thioether (sulfide) groups is 1. The smallest absolute Gasteiger partial charge is 0.0429 e. The molecule has 1 heterocycles. The lowest BCUT2D eigenvalue weighted by Crippen LogP contribution is -2.55. The summed E-state index contributed by atoms with van der Waals surface area (Å²) < 4.78 is 0. The molecule has 0 aliphatic carbocycles. The van der Waals surface area contributed by atoms with Crippen molar-refractivity contribution in [3.8, 4) is 0 Å². The Morgan fingerprint density at radius 3 is 3.00 bits per heavy atom. The van der Waals surface area contributed by atoms with E-state index in [0.717, 1.165) is 19.5 Å². The van der Waals surface area contributed by atoms with Crippen LogP contribution in [0.25, 0.3) is 0 Å². The van der Waals surface area contributed by atoms with E-state index in [2.05, 4.69) is 18.8 Å². The molecule has 1 rings (SSSR count). The first-order chi connectivity index (χ1) is 6.25. The Kier molecular flexibility index (Phi) is 4.29. The molecule has 2 nitrogen and oxygen atoms in total. The second-order valence-corrected chi connectivity index (χ2v) is 5.08. The molecule has 0 amide bonds. The molecule has 13 heavy (non-hydrogen) atoms. The van der Waals surface area contributed by atoms with Gasteiger partial charge in [0, 0.05) is 17.3 Å². The monoisotopic (exact) mass is 200 g/mol. The van der Waals surface area contributed by atoms with Gasteiger partial charge in [-0.05, 0) is 25.1 Å². The number of nitrogens with two attached hydrogens (primary N) is 1. The maximum absolute atomic E-state index is 5.84. The highest BCUT2D eigenvalue weighted by atomic mass is 32.2. The van der Waals surface area contributed by atoms with Crippen LogP contribution in [-0.2, 0) is 0 Å². The molecule has 0 saturated carbocycles. The lowest BCUT2D eigenvalue weighted by molar-refractivity contribution is 0.337. The molecule has 0 bridgehead atoms. The first kappa shape index (κ1) is 11.1. The van der Waals surface area contributed by atoms with E-state index in [9.17, 15) is 0 Å². The predicted octanol–water partition coefficient (Wildman–Crippen LogP) is 1.38. The van der Waals surface area contributed by atoms with E-state index in [1.807, 2.05) is 17.8 Å². The fourth-order valence-electron chi connectivity index (χ4n) is 1.78. The first-order valence-corrected chi connectivity index (χ1v) is 5.97. The van der Waals surface area contributed by atoms with Crippen LogP contribution in [0.3, 0.4) is 0 Å². The lowest BCUT2D eigenvalue weighted by Gasteiger charge is -2.32. The molecule has 3 heteroatoms.